The molecule has 0 radical (unpaired) electrons. The molecule has 6 heteroatoms. The normalized spacial score (nSPS) is 12.9. The van der Waals surface area contributed by atoms with Crippen molar-refractivity contribution < 1.29 is 4.52 Å². The van der Waals surface area contributed by atoms with E-state index < -0.39 is 0 Å². The molecule has 0 spiro atoms. The van der Waals surface area contributed by atoms with Gasteiger partial charge in [-0.1, -0.05) is 16.8 Å². The molecule has 2 aromatic rings. The maximum atomic E-state index is 6.00. The van der Waals surface area contributed by atoms with Crippen molar-refractivity contribution >= 4 is 11.6 Å². The number of hydrogen-bond donors (Lipinski definition) is 1. The topological polar surface area (TPSA) is 68.2 Å². The van der Waals surface area contributed by atoms with Gasteiger partial charge in [-0.25, -0.2) is 0 Å². The molecule has 102 valence electrons. The standard InChI is InChI=1S/C13H17ClN4O/c1-8-6-9(14)4-5-10(8)13-16-12(17-19-13)11(15)7-18(2)3/h4-6,11H,7,15H2,1-3H3. The molecule has 0 bridgehead atoms. The SMILES string of the molecule is Cc1cc(Cl)ccc1-c1nc(C(N)CN(C)C)no1. The van der Waals surface area contributed by atoms with Crippen molar-refractivity contribution in [2.45, 2.75) is 13.0 Å². The smallest absolute Gasteiger partial charge is 0.258 e. The lowest BCUT2D eigenvalue weighted by Gasteiger charge is -2.12. The number of halogens is 1. The second-order valence-electron chi connectivity index (χ2n) is 4.79. The summed E-state index contributed by atoms with van der Waals surface area (Å²) in [6.07, 6.45) is 0. The van der Waals surface area contributed by atoms with Gasteiger partial charge in [0.1, 0.15) is 0 Å². The van der Waals surface area contributed by atoms with Gasteiger partial charge in [0.25, 0.3) is 5.89 Å². The molecule has 1 unspecified atom stereocenters. The fourth-order valence-corrected chi connectivity index (χ4v) is 2.06. The van der Waals surface area contributed by atoms with Gasteiger partial charge in [0, 0.05) is 17.1 Å². The summed E-state index contributed by atoms with van der Waals surface area (Å²) in [5, 5.41) is 4.62. The van der Waals surface area contributed by atoms with E-state index in [1.165, 1.54) is 0 Å². The predicted octanol–water partition coefficient (Wildman–Crippen LogP) is 2.26. The van der Waals surface area contributed by atoms with E-state index in [1.54, 1.807) is 6.07 Å². The maximum Gasteiger partial charge on any atom is 0.258 e. The Morgan fingerprint density at radius 1 is 1.42 bits per heavy atom. The monoisotopic (exact) mass is 280 g/mol. The van der Waals surface area contributed by atoms with Crippen molar-refractivity contribution in [1.82, 2.24) is 15.0 Å². The van der Waals surface area contributed by atoms with Crippen molar-refractivity contribution in [1.29, 1.82) is 0 Å². The van der Waals surface area contributed by atoms with Crippen molar-refractivity contribution in [2.24, 2.45) is 5.73 Å². The molecule has 5 nitrogen and oxygen atoms in total. The minimum Gasteiger partial charge on any atom is -0.334 e. The van der Waals surface area contributed by atoms with Crippen LogP contribution >= 0.6 is 11.6 Å². The zero-order valence-electron chi connectivity index (χ0n) is 11.2. The molecule has 0 amide bonds. The molecule has 1 aromatic heterocycles. The number of nitrogens with two attached hydrogens (primary N) is 1. The van der Waals surface area contributed by atoms with Crippen molar-refractivity contribution in [2.75, 3.05) is 20.6 Å². The molecular weight excluding hydrogens is 264 g/mol. The highest BCUT2D eigenvalue weighted by atomic mass is 35.5. The van der Waals surface area contributed by atoms with Crippen LogP contribution in [-0.2, 0) is 0 Å². The van der Waals surface area contributed by atoms with Crippen LogP contribution in [-0.4, -0.2) is 35.7 Å². The molecule has 1 heterocycles. The summed E-state index contributed by atoms with van der Waals surface area (Å²) >= 11 is 5.93. The summed E-state index contributed by atoms with van der Waals surface area (Å²) in [6.45, 7) is 2.61. The molecule has 0 aliphatic carbocycles. The highest BCUT2D eigenvalue weighted by Crippen LogP contribution is 2.25. The van der Waals surface area contributed by atoms with Gasteiger partial charge in [-0.05, 0) is 44.8 Å². The van der Waals surface area contributed by atoms with Crippen LogP contribution in [0.1, 0.15) is 17.4 Å². The third kappa shape index (κ3) is 3.32. The van der Waals surface area contributed by atoms with E-state index in [2.05, 4.69) is 10.1 Å². The Bertz CT molecular complexity index is 568. The largest absolute Gasteiger partial charge is 0.334 e. The van der Waals surface area contributed by atoms with Gasteiger partial charge in [-0.3, -0.25) is 0 Å². The lowest BCUT2D eigenvalue weighted by Crippen LogP contribution is -2.26. The van der Waals surface area contributed by atoms with Gasteiger partial charge in [0.15, 0.2) is 5.82 Å². The fourth-order valence-electron chi connectivity index (χ4n) is 1.84. The Balaban J connectivity index is 2.25. The second-order valence-corrected chi connectivity index (χ2v) is 5.22. The average Bonchev–Trinajstić information content (AvgIpc) is 2.77. The Hall–Kier alpha value is -1.43. The highest BCUT2D eigenvalue weighted by molar-refractivity contribution is 6.30. The molecule has 2 rings (SSSR count). The first-order chi connectivity index (χ1) is 8.97. The van der Waals surface area contributed by atoms with Gasteiger partial charge < -0.3 is 15.2 Å². The maximum absolute atomic E-state index is 6.00. The van der Waals surface area contributed by atoms with E-state index in [4.69, 9.17) is 21.9 Å². The third-order valence-corrected chi connectivity index (χ3v) is 2.99. The van der Waals surface area contributed by atoms with Crippen LogP contribution in [0.5, 0.6) is 0 Å². The van der Waals surface area contributed by atoms with Crippen LogP contribution in [0.2, 0.25) is 5.02 Å². The first-order valence-electron chi connectivity index (χ1n) is 5.98. The molecule has 0 saturated heterocycles. The zero-order valence-corrected chi connectivity index (χ0v) is 12.0. The number of aryl methyl sites for hydroxylation is 1. The van der Waals surface area contributed by atoms with Gasteiger partial charge >= 0.3 is 0 Å². The Morgan fingerprint density at radius 2 is 2.16 bits per heavy atom. The van der Waals surface area contributed by atoms with Crippen molar-refractivity contribution in [3.05, 3.63) is 34.6 Å². The molecular formula is C13H17ClN4O. The lowest BCUT2D eigenvalue weighted by atomic mass is 10.1. The van der Waals surface area contributed by atoms with Gasteiger partial charge in [-0.15, -0.1) is 0 Å². The number of rotatable bonds is 4. The van der Waals surface area contributed by atoms with Crippen LogP contribution in [0.3, 0.4) is 0 Å². The van der Waals surface area contributed by atoms with E-state index in [1.807, 2.05) is 38.1 Å². The minimum atomic E-state index is -0.264. The molecule has 19 heavy (non-hydrogen) atoms. The number of aromatic nitrogens is 2. The van der Waals surface area contributed by atoms with Gasteiger partial charge in [0.2, 0.25) is 0 Å². The number of nitrogens with zero attached hydrogens (tertiary/aromatic N) is 3. The predicted molar refractivity (Wildman–Crippen MR) is 75.0 cm³/mol. The van der Waals surface area contributed by atoms with Crippen LogP contribution < -0.4 is 5.73 Å². The fraction of sp³-hybridized carbons (Fsp3) is 0.385. The average molecular weight is 281 g/mol. The summed E-state index contributed by atoms with van der Waals surface area (Å²) < 4.78 is 5.27. The molecule has 0 saturated carbocycles. The van der Waals surface area contributed by atoms with E-state index in [-0.39, 0.29) is 6.04 Å². The molecule has 0 aliphatic heterocycles. The van der Waals surface area contributed by atoms with E-state index in [0.717, 1.165) is 11.1 Å². The number of likely N-dealkylation sites (N-methyl/N-ethyl adjacent to an activating group) is 1. The van der Waals surface area contributed by atoms with Crippen LogP contribution in [0.4, 0.5) is 0 Å². The Morgan fingerprint density at radius 3 is 2.79 bits per heavy atom. The molecule has 0 fully saturated rings. The first kappa shape index (κ1) is 14.0. The van der Waals surface area contributed by atoms with Crippen molar-refractivity contribution in [3.8, 4) is 11.5 Å². The first-order valence-corrected chi connectivity index (χ1v) is 6.35. The molecule has 1 atom stereocenters. The number of hydrogen-bond acceptors (Lipinski definition) is 5. The summed E-state index contributed by atoms with van der Waals surface area (Å²) in [5.74, 6) is 0.983. The Kier molecular flexibility index (Phi) is 4.19. The van der Waals surface area contributed by atoms with Crippen LogP contribution in [0.15, 0.2) is 22.7 Å². The van der Waals surface area contributed by atoms with Crippen LogP contribution in [0.25, 0.3) is 11.5 Å². The minimum absolute atomic E-state index is 0.264. The van der Waals surface area contributed by atoms with E-state index in [0.29, 0.717) is 23.3 Å². The van der Waals surface area contributed by atoms with E-state index in [9.17, 15) is 0 Å². The zero-order chi connectivity index (χ0) is 14.0. The molecule has 2 N–H and O–H groups in total. The lowest BCUT2D eigenvalue weighted by molar-refractivity contribution is 0.357. The third-order valence-electron chi connectivity index (χ3n) is 2.75. The van der Waals surface area contributed by atoms with Crippen LogP contribution in [0, 0.1) is 6.92 Å². The van der Waals surface area contributed by atoms with Gasteiger partial charge in [0.05, 0.1) is 6.04 Å². The Labute approximate surface area is 117 Å². The van der Waals surface area contributed by atoms with Crippen molar-refractivity contribution in [3.63, 3.8) is 0 Å². The second kappa shape index (κ2) is 5.69. The highest BCUT2D eigenvalue weighted by Gasteiger charge is 2.17. The number of benzene rings is 1. The summed E-state index contributed by atoms with van der Waals surface area (Å²) in [7, 11) is 3.90. The van der Waals surface area contributed by atoms with Gasteiger partial charge in [-0.2, -0.15) is 4.98 Å². The molecule has 1 aromatic carbocycles. The quantitative estimate of drug-likeness (QED) is 0.930. The summed E-state index contributed by atoms with van der Waals surface area (Å²) in [4.78, 5) is 6.33. The molecule has 0 aliphatic rings. The van der Waals surface area contributed by atoms with E-state index >= 15 is 0 Å². The summed E-state index contributed by atoms with van der Waals surface area (Å²) in [6, 6.07) is 5.26. The summed E-state index contributed by atoms with van der Waals surface area (Å²) in [5.41, 5.74) is 7.87.